The van der Waals surface area contributed by atoms with Gasteiger partial charge in [-0.15, -0.1) is 0 Å². The van der Waals surface area contributed by atoms with E-state index in [2.05, 4.69) is 9.46 Å². The maximum Gasteiger partial charge on any atom is 0.336 e. The highest BCUT2D eigenvalue weighted by atomic mass is 32.2. The van der Waals surface area contributed by atoms with E-state index in [9.17, 15) is 13.2 Å². The van der Waals surface area contributed by atoms with Crippen LogP contribution in [0.3, 0.4) is 0 Å². The van der Waals surface area contributed by atoms with Gasteiger partial charge in [-0.3, -0.25) is 0 Å². The lowest BCUT2D eigenvalue weighted by atomic mass is 10.2. The highest BCUT2D eigenvalue weighted by molar-refractivity contribution is 7.87. The van der Waals surface area contributed by atoms with E-state index in [1.807, 2.05) is 13.8 Å². The Hall–Kier alpha value is -0.700. The number of nitrogens with one attached hydrogen (secondary N) is 1. The van der Waals surface area contributed by atoms with Crippen LogP contribution in [-0.4, -0.2) is 58.1 Å². The maximum absolute atomic E-state index is 12.0. The van der Waals surface area contributed by atoms with Crippen LogP contribution in [0.25, 0.3) is 0 Å². The van der Waals surface area contributed by atoms with Gasteiger partial charge >= 0.3 is 5.97 Å². The molecule has 1 heterocycles. The SMILES string of the molecule is COC(=O)C1CN(S(=O)(=O)NCC(C)C)CCO1. The van der Waals surface area contributed by atoms with Crippen LogP contribution in [0.1, 0.15) is 13.8 Å². The minimum atomic E-state index is -3.56. The monoisotopic (exact) mass is 280 g/mol. The van der Waals surface area contributed by atoms with Crippen molar-refractivity contribution < 1.29 is 22.7 Å². The Morgan fingerprint density at radius 1 is 1.56 bits per heavy atom. The zero-order chi connectivity index (χ0) is 13.8. The summed E-state index contributed by atoms with van der Waals surface area (Å²) in [5.41, 5.74) is 0. The number of ether oxygens (including phenoxy) is 2. The number of carbonyl (C=O) groups excluding carboxylic acids is 1. The highest BCUT2D eigenvalue weighted by Crippen LogP contribution is 2.10. The second-order valence-corrected chi connectivity index (χ2v) is 6.24. The Morgan fingerprint density at radius 2 is 2.22 bits per heavy atom. The van der Waals surface area contributed by atoms with Crippen molar-refractivity contribution >= 4 is 16.2 Å². The van der Waals surface area contributed by atoms with Crippen LogP contribution in [0.2, 0.25) is 0 Å². The molecule has 0 aliphatic carbocycles. The summed E-state index contributed by atoms with van der Waals surface area (Å²) < 4.78 is 37.3. The van der Waals surface area contributed by atoms with Gasteiger partial charge in [-0.2, -0.15) is 12.7 Å². The van der Waals surface area contributed by atoms with Crippen LogP contribution >= 0.6 is 0 Å². The van der Waals surface area contributed by atoms with Gasteiger partial charge in [-0.05, 0) is 5.92 Å². The lowest BCUT2D eigenvalue weighted by Crippen LogP contribution is -2.52. The first-order chi connectivity index (χ1) is 8.36. The number of methoxy groups -OCH3 is 1. The summed E-state index contributed by atoms with van der Waals surface area (Å²) in [6.07, 6.45) is -0.848. The Morgan fingerprint density at radius 3 is 2.78 bits per heavy atom. The molecule has 1 N–H and O–H groups in total. The van der Waals surface area contributed by atoms with Gasteiger partial charge in [0.25, 0.3) is 10.2 Å². The van der Waals surface area contributed by atoms with E-state index in [0.29, 0.717) is 6.54 Å². The van der Waals surface area contributed by atoms with E-state index in [1.54, 1.807) is 0 Å². The molecule has 1 rings (SSSR count). The summed E-state index contributed by atoms with van der Waals surface area (Å²) in [4.78, 5) is 11.3. The number of morpholine rings is 1. The zero-order valence-electron chi connectivity index (χ0n) is 10.9. The van der Waals surface area contributed by atoms with Crippen molar-refractivity contribution in [1.82, 2.24) is 9.03 Å². The lowest BCUT2D eigenvalue weighted by Gasteiger charge is -2.30. The van der Waals surface area contributed by atoms with Crippen molar-refractivity contribution in [3.8, 4) is 0 Å². The average molecular weight is 280 g/mol. The van der Waals surface area contributed by atoms with Gasteiger partial charge < -0.3 is 9.47 Å². The number of rotatable bonds is 5. The van der Waals surface area contributed by atoms with Crippen molar-refractivity contribution in [3.05, 3.63) is 0 Å². The van der Waals surface area contributed by atoms with E-state index in [1.165, 1.54) is 11.4 Å². The van der Waals surface area contributed by atoms with Crippen LogP contribution in [-0.2, 0) is 24.5 Å². The third kappa shape index (κ3) is 4.20. The number of nitrogens with zero attached hydrogens (tertiary/aromatic N) is 1. The summed E-state index contributed by atoms with van der Waals surface area (Å²) in [7, 11) is -2.31. The average Bonchev–Trinajstić information content (AvgIpc) is 2.35. The van der Waals surface area contributed by atoms with Gasteiger partial charge in [-0.25, -0.2) is 9.52 Å². The lowest BCUT2D eigenvalue weighted by molar-refractivity contribution is -0.157. The van der Waals surface area contributed by atoms with E-state index in [0.717, 1.165) is 0 Å². The number of carbonyl (C=O) groups is 1. The second kappa shape index (κ2) is 6.46. The second-order valence-electron chi connectivity index (χ2n) is 4.49. The van der Waals surface area contributed by atoms with Gasteiger partial charge in [0.2, 0.25) is 0 Å². The summed E-state index contributed by atoms with van der Waals surface area (Å²) in [6.45, 7) is 4.60. The molecule has 1 aliphatic rings. The van der Waals surface area contributed by atoms with E-state index < -0.39 is 22.3 Å². The summed E-state index contributed by atoms with van der Waals surface area (Å²) >= 11 is 0. The van der Waals surface area contributed by atoms with Crippen molar-refractivity contribution in [2.24, 2.45) is 5.92 Å². The molecule has 106 valence electrons. The number of esters is 1. The van der Waals surface area contributed by atoms with Crippen LogP contribution in [0.4, 0.5) is 0 Å². The topological polar surface area (TPSA) is 84.9 Å². The van der Waals surface area contributed by atoms with Crippen molar-refractivity contribution in [2.75, 3.05) is 33.4 Å². The fourth-order valence-corrected chi connectivity index (χ4v) is 2.85. The number of hydrogen-bond acceptors (Lipinski definition) is 5. The summed E-state index contributed by atoms with van der Waals surface area (Å²) in [5, 5.41) is 0. The highest BCUT2D eigenvalue weighted by Gasteiger charge is 2.33. The molecule has 1 fully saturated rings. The van der Waals surface area contributed by atoms with Crippen molar-refractivity contribution in [2.45, 2.75) is 20.0 Å². The summed E-state index contributed by atoms with van der Waals surface area (Å²) in [5.74, 6) is -0.337. The van der Waals surface area contributed by atoms with Gasteiger partial charge in [0, 0.05) is 13.1 Å². The van der Waals surface area contributed by atoms with Crippen LogP contribution in [0, 0.1) is 5.92 Å². The molecule has 0 aromatic rings. The Balaban J connectivity index is 2.62. The van der Waals surface area contributed by atoms with Crippen molar-refractivity contribution in [1.29, 1.82) is 0 Å². The normalized spacial score (nSPS) is 22.1. The molecule has 0 aromatic carbocycles. The van der Waals surface area contributed by atoms with Gasteiger partial charge in [0.05, 0.1) is 20.3 Å². The first kappa shape index (κ1) is 15.4. The smallest absolute Gasteiger partial charge is 0.336 e. The minimum Gasteiger partial charge on any atom is -0.467 e. The van der Waals surface area contributed by atoms with E-state index >= 15 is 0 Å². The molecule has 0 aromatic heterocycles. The standard InChI is InChI=1S/C10H20N2O5S/c1-8(2)6-11-18(14,15)12-4-5-17-9(7-12)10(13)16-3/h8-9,11H,4-7H2,1-3H3. The van der Waals surface area contributed by atoms with Crippen LogP contribution in [0.15, 0.2) is 0 Å². The molecule has 1 unspecified atom stereocenters. The molecule has 0 saturated carbocycles. The molecule has 1 atom stereocenters. The molecule has 7 nitrogen and oxygen atoms in total. The van der Waals surface area contributed by atoms with Crippen molar-refractivity contribution in [3.63, 3.8) is 0 Å². The molecule has 1 saturated heterocycles. The number of hydrogen-bond donors (Lipinski definition) is 1. The maximum atomic E-state index is 12.0. The predicted molar refractivity (Wildman–Crippen MR) is 65.1 cm³/mol. The van der Waals surface area contributed by atoms with Gasteiger partial charge in [0.15, 0.2) is 6.10 Å². The minimum absolute atomic E-state index is 0.0138. The predicted octanol–water partition coefficient (Wildman–Crippen LogP) is -0.649. The van der Waals surface area contributed by atoms with Gasteiger partial charge in [-0.1, -0.05) is 13.8 Å². The quantitative estimate of drug-likeness (QED) is 0.677. The Labute approximate surface area is 108 Å². The first-order valence-electron chi connectivity index (χ1n) is 5.81. The third-order valence-electron chi connectivity index (χ3n) is 2.51. The molecule has 0 bridgehead atoms. The molecule has 1 aliphatic heterocycles. The third-order valence-corrected chi connectivity index (χ3v) is 4.05. The van der Waals surface area contributed by atoms with E-state index in [4.69, 9.17) is 4.74 Å². The molecule has 8 heteroatoms. The fraction of sp³-hybridized carbons (Fsp3) is 0.900. The van der Waals surface area contributed by atoms with Gasteiger partial charge in [0.1, 0.15) is 0 Å². The molecule has 0 radical (unpaired) electrons. The fourth-order valence-electron chi connectivity index (χ4n) is 1.48. The largest absolute Gasteiger partial charge is 0.467 e. The zero-order valence-corrected chi connectivity index (χ0v) is 11.7. The Kier molecular flexibility index (Phi) is 5.51. The molecular weight excluding hydrogens is 260 g/mol. The van der Waals surface area contributed by atoms with Crippen LogP contribution < -0.4 is 4.72 Å². The van der Waals surface area contributed by atoms with E-state index in [-0.39, 0.29) is 25.6 Å². The molecular formula is C10H20N2O5S. The molecule has 0 spiro atoms. The first-order valence-corrected chi connectivity index (χ1v) is 7.25. The molecule has 18 heavy (non-hydrogen) atoms. The van der Waals surface area contributed by atoms with Crippen LogP contribution in [0.5, 0.6) is 0 Å². The Bertz CT molecular complexity index is 382. The summed E-state index contributed by atoms with van der Waals surface area (Å²) in [6, 6.07) is 0. The molecule has 0 amide bonds.